The van der Waals surface area contributed by atoms with Gasteiger partial charge in [-0.2, -0.15) is 0 Å². The Balaban J connectivity index is 1.75. The van der Waals surface area contributed by atoms with Crippen LogP contribution in [0.3, 0.4) is 0 Å². The summed E-state index contributed by atoms with van der Waals surface area (Å²) in [6.45, 7) is 6.21. The van der Waals surface area contributed by atoms with Crippen molar-refractivity contribution in [3.05, 3.63) is 0 Å². The van der Waals surface area contributed by atoms with Crippen molar-refractivity contribution >= 4 is 11.9 Å². The average Bonchev–Trinajstić information content (AvgIpc) is 2.47. The van der Waals surface area contributed by atoms with E-state index in [4.69, 9.17) is 9.84 Å². The van der Waals surface area contributed by atoms with Crippen molar-refractivity contribution in [2.45, 2.75) is 25.4 Å². The molecule has 20 heavy (non-hydrogen) atoms. The molecule has 0 spiro atoms. The van der Waals surface area contributed by atoms with Crippen LogP contribution in [0.15, 0.2) is 0 Å². The van der Waals surface area contributed by atoms with E-state index in [2.05, 4.69) is 5.32 Å². The molecule has 2 heterocycles. The zero-order valence-corrected chi connectivity index (χ0v) is 11.9. The number of nitrogens with zero attached hydrogens (tertiary/aromatic N) is 2. The lowest BCUT2D eigenvalue weighted by atomic mass is 10.1. The first-order valence-corrected chi connectivity index (χ1v) is 7.13. The Morgan fingerprint density at radius 2 is 2.05 bits per heavy atom. The molecule has 1 amide bonds. The number of ether oxygens (including phenoxy) is 1. The number of carbonyl (C=O) groups is 2. The summed E-state index contributed by atoms with van der Waals surface area (Å²) in [7, 11) is 0. The number of piperazine rings is 1. The number of nitrogens with one attached hydrogen (secondary N) is 1. The number of morpholine rings is 1. The fraction of sp³-hybridized carbons (Fsp3) is 0.846. The first-order valence-electron chi connectivity index (χ1n) is 7.13. The molecule has 2 aliphatic rings. The van der Waals surface area contributed by atoms with Crippen LogP contribution >= 0.6 is 0 Å². The number of carboxylic acids is 1. The van der Waals surface area contributed by atoms with Crippen LogP contribution in [0.5, 0.6) is 0 Å². The first kappa shape index (κ1) is 15.2. The molecule has 2 atom stereocenters. The van der Waals surface area contributed by atoms with E-state index in [-0.39, 0.29) is 11.9 Å². The number of aliphatic carboxylic acids is 1. The highest BCUT2D eigenvalue weighted by molar-refractivity contribution is 5.77. The summed E-state index contributed by atoms with van der Waals surface area (Å²) < 4.78 is 5.34. The Morgan fingerprint density at radius 1 is 1.35 bits per heavy atom. The van der Waals surface area contributed by atoms with Gasteiger partial charge in [0, 0.05) is 45.2 Å². The predicted molar refractivity (Wildman–Crippen MR) is 72.5 cm³/mol. The van der Waals surface area contributed by atoms with Crippen molar-refractivity contribution in [1.29, 1.82) is 0 Å². The van der Waals surface area contributed by atoms with Gasteiger partial charge in [-0.3, -0.25) is 14.5 Å². The number of amides is 1. The van der Waals surface area contributed by atoms with Crippen LogP contribution in [0.1, 0.15) is 13.3 Å². The molecule has 114 valence electrons. The Bertz CT molecular complexity index is 350. The zero-order chi connectivity index (χ0) is 14.5. The largest absolute Gasteiger partial charge is 0.480 e. The van der Waals surface area contributed by atoms with E-state index in [1.54, 1.807) is 6.92 Å². The molecule has 0 bridgehead atoms. The lowest BCUT2D eigenvalue weighted by Gasteiger charge is -2.37. The minimum absolute atomic E-state index is 0.104. The van der Waals surface area contributed by atoms with E-state index in [9.17, 15) is 9.59 Å². The molecule has 2 saturated heterocycles. The van der Waals surface area contributed by atoms with Gasteiger partial charge in [0.25, 0.3) is 0 Å². The van der Waals surface area contributed by atoms with Crippen molar-refractivity contribution < 1.29 is 19.4 Å². The van der Waals surface area contributed by atoms with Crippen molar-refractivity contribution in [3.63, 3.8) is 0 Å². The number of hydrogen-bond donors (Lipinski definition) is 2. The Labute approximate surface area is 118 Å². The summed E-state index contributed by atoms with van der Waals surface area (Å²) in [6, 6.07) is -0.382. The van der Waals surface area contributed by atoms with Crippen molar-refractivity contribution in [3.8, 4) is 0 Å². The number of hydrogen-bond acceptors (Lipinski definition) is 5. The van der Waals surface area contributed by atoms with Gasteiger partial charge in [-0.25, -0.2) is 0 Å². The predicted octanol–water partition coefficient (Wildman–Crippen LogP) is -1.02. The van der Waals surface area contributed by atoms with Gasteiger partial charge in [0.05, 0.1) is 13.2 Å². The molecule has 2 aliphatic heterocycles. The smallest absolute Gasteiger partial charge is 0.320 e. The summed E-state index contributed by atoms with van der Waals surface area (Å²) in [4.78, 5) is 26.8. The Morgan fingerprint density at radius 3 is 2.60 bits per heavy atom. The molecule has 0 aromatic heterocycles. The maximum atomic E-state index is 12.2. The third kappa shape index (κ3) is 3.91. The molecule has 0 aliphatic carbocycles. The normalized spacial score (nSPS) is 26.2. The van der Waals surface area contributed by atoms with Crippen molar-refractivity contribution in [1.82, 2.24) is 15.1 Å². The van der Waals surface area contributed by atoms with Crippen LogP contribution in [0.4, 0.5) is 0 Å². The topological polar surface area (TPSA) is 82.1 Å². The van der Waals surface area contributed by atoms with Crippen LogP contribution in [0, 0.1) is 0 Å². The fourth-order valence-corrected chi connectivity index (χ4v) is 2.61. The second-order valence-corrected chi connectivity index (χ2v) is 5.36. The van der Waals surface area contributed by atoms with Gasteiger partial charge < -0.3 is 20.1 Å². The number of carboxylic acid groups (broad SMARTS) is 1. The van der Waals surface area contributed by atoms with Gasteiger partial charge in [0.1, 0.15) is 6.04 Å². The van der Waals surface area contributed by atoms with Gasteiger partial charge in [0.15, 0.2) is 0 Å². The minimum atomic E-state index is -0.812. The van der Waals surface area contributed by atoms with Gasteiger partial charge >= 0.3 is 5.97 Å². The van der Waals surface area contributed by atoms with E-state index in [0.717, 1.165) is 6.54 Å². The summed E-state index contributed by atoms with van der Waals surface area (Å²) in [5, 5.41) is 12.3. The quantitative estimate of drug-likeness (QED) is 0.688. The fourth-order valence-electron chi connectivity index (χ4n) is 2.61. The lowest BCUT2D eigenvalue weighted by Crippen LogP contribution is -2.54. The first-order chi connectivity index (χ1) is 9.58. The van der Waals surface area contributed by atoms with Crippen molar-refractivity contribution in [2.24, 2.45) is 0 Å². The van der Waals surface area contributed by atoms with E-state index < -0.39 is 12.0 Å². The molecule has 2 fully saturated rings. The summed E-state index contributed by atoms with van der Waals surface area (Å²) in [5.41, 5.74) is 0. The van der Waals surface area contributed by atoms with Gasteiger partial charge in [0.2, 0.25) is 5.91 Å². The van der Waals surface area contributed by atoms with E-state index in [1.165, 1.54) is 0 Å². The molecule has 7 heteroatoms. The molecule has 0 radical (unpaired) electrons. The monoisotopic (exact) mass is 285 g/mol. The number of rotatable bonds is 4. The lowest BCUT2D eigenvalue weighted by molar-refractivity contribution is -0.144. The highest BCUT2D eigenvalue weighted by Crippen LogP contribution is 2.09. The van der Waals surface area contributed by atoms with E-state index in [0.29, 0.717) is 45.8 Å². The molecule has 0 aromatic carbocycles. The van der Waals surface area contributed by atoms with Gasteiger partial charge in [-0.1, -0.05) is 0 Å². The maximum Gasteiger partial charge on any atom is 0.320 e. The van der Waals surface area contributed by atoms with Crippen LogP contribution in [0.25, 0.3) is 0 Å². The van der Waals surface area contributed by atoms with Crippen LogP contribution in [-0.4, -0.2) is 84.8 Å². The van der Waals surface area contributed by atoms with Crippen LogP contribution < -0.4 is 5.32 Å². The molecule has 0 saturated carbocycles. The highest BCUT2D eigenvalue weighted by atomic mass is 16.5. The summed E-state index contributed by atoms with van der Waals surface area (Å²) in [6.07, 6.45) is 0.453. The molecule has 2 unspecified atom stereocenters. The zero-order valence-electron chi connectivity index (χ0n) is 11.9. The van der Waals surface area contributed by atoms with Gasteiger partial charge in [-0.15, -0.1) is 0 Å². The third-order valence-corrected chi connectivity index (χ3v) is 3.99. The van der Waals surface area contributed by atoms with E-state index in [1.807, 2.05) is 9.80 Å². The highest BCUT2D eigenvalue weighted by Gasteiger charge is 2.28. The second-order valence-electron chi connectivity index (χ2n) is 5.36. The number of carbonyl (C=O) groups excluding carboxylic acids is 1. The molecule has 7 nitrogen and oxygen atoms in total. The van der Waals surface area contributed by atoms with Crippen LogP contribution in [0.2, 0.25) is 0 Å². The van der Waals surface area contributed by atoms with E-state index >= 15 is 0 Å². The molecular formula is C13H23N3O4. The molecule has 2 N–H and O–H groups in total. The molecular weight excluding hydrogens is 262 g/mol. The molecule has 0 aromatic rings. The summed E-state index contributed by atoms with van der Waals surface area (Å²) in [5.74, 6) is -0.691. The minimum Gasteiger partial charge on any atom is -0.480 e. The maximum absolute atomic E-state index is 12.2. The second kappa shape index (κ2) is 7.01. The van der Waals surface area contributed by atoms with Gasteiger partial charge in [-0.05, 0) is 6.92 Å². The van der Waals surface area contributed by atoms with Crippen molar-refractivity contribution in [2.75, 3.05) is 45.9 Å². The molecule has 2 rings (SSSR count). The summed E-state index contributed by atoms with van der Waals surface area (Å²) >= 11 is 0. The van der Waals surface area contributed by atoms with Crippen LogP contribution in [-0.2, 0) is 14.3 Å². The standard InChI is InChI=1S/C13H23N3O4/c1-10(13(18)19)15-3-5-16(6-4-15)12(17)8-11-9-20-7-2-14-11/h10-11,14H,2-9H2,1H3,(H,18,19). The third-order valence-electron chi connectivity index (χ3n) is 3.99. The Hall–Kier alpha value is -1.18. The average molecular weight is 285 g/mol. The SMILES string of the molecule is CC(C(=O)O)N1CCN(C(=O)CC2COCCN2)CC1. The Kier molecular flexibility index (Phi) is 5.33.